The van der Waals surface area contributed by atoms with E-state index in [0.717, 1.165) is 12.0 Å². The van der Waals surface area contributed by atoms with Crippen LogP contribution in [0, 0.1) is 0 Å². The summed E-state index contributed by atoms with van der Waals surface area (Å²) in [6, 6.07) is 16.5. The molecule has 1 heterocycles. The second kappa shape index (κ2) is 10.1. The Hall–Kier alpha value is -2.71. The molecule has 7 nitrogen and oxygen atoms in total. The second-order valence-electron chi connectivity index (χ2n) is 7.64. The van der Waals surface area contributed by atoms with E-state index in [1.807, 2.05) is 37.3 Å². The lowest BCUT2D eigenvalue weighted by Gasteiger charge is -2.33. The predicted molar refractivity (Wildman–Crippen MR) is 117 cm³/mol. The van der Waals surface area contributed by atoms with Crippen molar-refractivity contribution in [1.82, 2.24) is 9.21 Å². The average Bonchev–Trinajstić information content (AvgIpc) is 2.82. The normalized spacial score (nSPS) is 18.2. The number of nitrogens with zero attached hydrogens (tertiary/aromatic N) is 2. The summed E-state index contributed by atoms with van der Waals surface area (Å²) in [6.45, 7) is 1.71. The highest BCUT2D eigenvalue weighted by Crippen LogP contribution is 2.26. The Balaban J connectivity index is 1.65. The quantitative estimate of drug-likeness (QED) is 0.613. The van der Waals surface area contributed by atoms with Crippen LogP contribution in [0.15, 0.2) is 65.6 Å². The maximum atomic E-state index is 13.0. The van der Waals surface area contributed by atoms with Crippen LogP contribution in [-0.4, -0.2) is 55.7 Å². The lowest BCUT2D eigenvalue weighted by molar-refractivity contribution is -0.156. The minimum Gasteiger partial charge on any atom is -0.454 e. The summed E-state index contributed by atoms with van der Waals surface area (Å²) in [6.07, 6.45) is 1.76. The Labute approximate surface area is 183 Å². The van der Waals surface area contributed by atoms with Gasteiger partial charge in [0, 0.05) is 13.6 Å². The zero-order valence-electron chi connectivity index (χ0n) is 17.8. The zero-order chi connectivity index (χ0) is 22.4. The average molecular weight is 445 g/mol. The van der Waals surface area contributed by atoms with Crippen LogP contribution in [0.2, 0.25) is 0 Å². The molecule has 1 fully saturated rings. The summed E-state index contributed by atoms with van der Waals surface area (Å²) < 4.78 is 32.6. The Morgan fingerprint density at radius 2 is 1.68 bits per heavy atom. The van der Waals surface area contributed by atoms with Crippen molar-refractivity contribution in [3.05, 3.63) is 66.2 Å². The fourth-order valence-electron chi connectivity index (χ4n) is 3.66. The molecule has 2 unspecified atom stereocenters. The van der Waals surface area contributed by atoms with Crippen LogP contribution in [-0.2, 0) is 24.3 Å². The highest BCUT2D eigenvalue weighted by atomic mass is 32.2. The first-order valence-corrected chi connectivity index (χ1v) is 11.8. The van der Waals surface area contributed by atoms with E-state index in [-0.39, 0.29) is 23.4 Å². The fraction of sp³-hybridized carbons (Fsp3) is 0.391. The van der Waals surface area contributed by atoms with Gasteiger partial charge in [0.05, 0.1) is 10.9 Å². The van der Waals surface area contributed by atoms with Crippen molar-refractivity contribution >= 4 is 21.9 Å². The number of amides is 1. The number of piperidine rings is 1. The van der Waals surface area contributed by atoms with Crippen LogP contribution in [0.3, 0.4) is 0 Å². The maximum Gasteiger partial charge on any atom is 0.324 e. The third-order valence-electron chi connectivity index (χ3n) is 5.67. The molecule has 1 aliphatic heterocycles. The molecule has 0 aliphatic carbocycles. The molecule has 166 valence electrons. The van der Waals surface area contributed by atoms with E-state index in [2.05, 4.69) is 0 Å². The van der Waals surface area contributed by atoms with Gasteiger partial charge in [0.1, 0.15) is 6.04 Å². The molecule has 31 heavy (non-hydrogen) atoms. The molecule has 0 saturated carbocycles. The van der Waals surface area contributed by atoms with Gasteiger partial charge in [0.15, 0.2) is 6.61 Å². The summed E-state index contributed by atoms with van der Waals surface area (Å²) in [5.41, 5.74) is 0.970. The van der Waals surface area contributed by atoms with Crippen LogP contribution in [0.5, 0.6) is 0 Å². The molecule has 1 aliphatic rings. The topological polar surface area (TPSA) is 84.0 Å². The molecule has 2 aromatic carbocycles. The van der Waals surface area contributed by atoms with E-state index in [1.165, 1.54) is 21.3 Å². The van der Waals surface area contributed by atoms with Crippen LogP contribution in [0.25, 0.3) is 0 Å². The number of ether oxygens (including phenoxy) is 1. The van der Waals surface area contributed by atoms with Crippen LogP contribution < -0.4 is 0 Å². The summed E-state index contributed by atoms with van der Waals surface area (Å²) in [5, 5.41) is 0. The van der Waals surface area contributed by atoms with E-state index >= 15 is 0 Å². The van der Waals surface area contributed by atoms with Gasteiger partial charge in [-0.05, 0) is 43.9 Å². The lowest BCUT2D eigenvalue weighted by atomic mass is 10.1. The van der Waals surface area contributed by atoms with Crippen LogP contribution in [0.4, 0.5) is 0 Å². The van der Waals surface area contributed by atoms with Crippen molar-refractivity contribution in [2.24, 2.45) is 0 Å². The van der Waals surface area contributed by atoms with Crippen molar-refractivity contribution < 1.29 is 22.7 Å². The number of esters is 1. The smallest absolute Gasteiger partial charge is 0.324 e. The molecule has 2 aromatic rings. The zero-order valence-corrected chi connectivity index (χ0v) is 18.6. The van der Waals surface area contributed by atoms with Gasteiger partial charge in [-0.1, -0.05) is 48.5 Å². The maximum absolute atomic E-state index is 13.0. The Bertz CT molecular complexity index is 995. The number of sulfonamides is 1. The van der Waals surface area contributed by atoms with Crippen molar-refractivity contribution in [3.8, 4) is 0 Å². The Kier molecular flexibility index (Phi) is 7.46. The minimum atomic E-state index is -3.82. The van der Waals surface area contributed by atoms with Gasteiger partial charge in [-0.15, -0.1) is 0 Å². The van der Waals surface area contributed by atoms with E-state index in [0.29, 0.717) is 12.8 Å². The van der Waals surface area contributed by atoms with Gasteiger partial charge in [-0.25, -0.2) is 8.42 Å². The minimum absolute atomic E-state index is 0.141. The van der Waals surface area contributed by atoms with E-state index in [9.17, 15) is 18.0 Å². The van der Waals surface area contributed by atoms with Crippen LogP contribution in [0.1, 0.15) is 37.8 Å². The first-order valence-electron chi connectivity index (χ1n) is 10.4. The highest BCUT2D eigenvalue weighted by molar-refractivity contribution is 7.89. The Morgan fingerprint density at radius 1 is 1.06 bits per heavy atom. The molecule has 0 aromatic heterocycles. The number of likely N-dealkylation sites (N-methyl/N-ethyl adjacent to an activating group) is 1. The molecular formula is C23H28N2O5S. The number of hydrogen-bond donors (Lipinski definition) is 0. The molecule has 2 atom stereocenters. The molecule has 0 radical (unpaired) electrons. The molecule has 0 spiro atoms. The standard InChI is InChI=1S/C23H28N2O5S/c1-18(19-11-5-3-6-12-19)24(2)22(26)17-30-23(27)21-15-9-10-16-25(21)31(28,29)20-13-7-4-8-14-20/h3-8,11-14,18,21H,9-10,15-17H2,1-2H3. The summed E-state index contributed by atoms with van der Waals surface area (Å²) in [4.78, 5) is 27.0. The largest absolute Gasteiger partial charge is 0.454 e. The lowest BCUT2D eigenvalue weighted by Crippen LogP contribution is -2.49. The van der Waals surface area contributed by atoms with Crippen molar-refractivity contribution in [1.29, 1.82) is 0 Å². The number of benzene rings is 2. The molecular weight excluding hydrogens is 416 g/mol. The van der Waals surface area contributed by atoms with E-state index < -0.39 is 28.6 Å². The SMILES string of the molecule is CC(c1ccccc1)N(C)C(=O)COC(=O)C1CCCCN1S(=O)(=O)c1ccccc1. The van der Waals surface area contributed by atoms with Crippen molar-refractivity contribution in [3.63, 3.8) is 0 Å². The van der Waals surface area contributed by atoms with Gasteiger partial charge in [0.2, 0.25) is 10.0 Å². The number of carbonyl (C=O) groups is 2. The highest BCUT2D eigenvalue weighted by Gasteiger charge is 2.38. The molecule has 8 heteroatoms. The molecule has 1 saturated heterocycles. The number of hydrogen-bond acceptors (Lipinski definition) is 5. The van der Waals surface area contributed by atoms with E-state index in [1.54, 1.807) is 25.2 Å². The van der Waals surface area contributed by atoms with Gasteiger partial charge in [-0.3, -0.25) is 9.59 Å². The third-order valence-corrected chi connectivity index (χ3v) is 7.59. The first kappa shape index (κ1) is 23.0. The monoisotopic (exact) mass is 444 g/mol. The summed E-state index contributed by atoms with van der Waals surface area (Å²) >= 11 is 0. The third kappa shape index (κ3) is 5.32. The number of rotatable bonds is 7. The Morgan fingerprint density at radius 3 is 2.32 bits per heavy atom. The van der Waals surface area contributed by atoms with Crippen molar-refractivity contribution in [2.45, 2.75) is 43.2 Å². The van der Waals surface area contributed by atoms with Gasteiger partial charge in [-0.2, -0.15) is 4.31 Å². The van der Waals surface area contributed by atoms with E-state index in [4.69, 9.17) is 4.74 Å². The number of carbonyl (C=O) groups excluding carboxylic acids is 2. The van der Waals surface area contributed by atoms with Gasteiger partial charge < -0.3 is 9.64 Å². The first-order chi connectivity index (χ1) is 14.8. The van der Waals surface area contributed by atoms with Gasteiger partial charge in [0.25, 0.3) is 5.91 Å². The molecule has 1 amide bonds. The van der Waals surface area contributed by atoms with Crippen LogP contribution >= 0.6 is 0 Å². The van der Waals surface area contributed by atoms with Gasteiger partial charge >= 0.3 is 5.97 Å². The summed E-state index contributed by atoms with van der Waals surface area (Å²) in [7, 11) is -2.17. The molecule has 0 bridgehead atoms. The molecule has 3 rings (SSSR count). The van der Waals surface area contributed by atoms with Crippen molar-refractivity contribution in [2.75, 3.05) is 20.2 Å². The predicted octanol–water partition coefficient (Wildman–Crippen LogP) is 2.99. The fourth-order valence-corrected chi connectivity index (χ4v) is 5.33. The second-order valence-corrected chi connectivity index (χ2v) is 9.53. The molecule has 0 N–H and O–H groups in total. The summed E-state index contributed by atoms with van der Waals surface area (Å²) in [5.74, 6) is -1.04.